The van der Waals surface area contributed by atoms with Crippen LogP contribution >= 0.6 is 0 Å². The number of hydrogen-bond acceptors (Lipinski definition) is 5. The van der Waals surface area contributed by atoms with Crippen LogP contribution in [-0.4, -0.2) is 27.8 Å². The molecule has 16 heavy (non-hydrogen) atoms. The van der Waals surface area contributed by atoms with E-state index in [4.69, 9.17) is 10.2 Å². The molecule has 7 heteroatoms. The van der Waals surface area contributed by atoms with Crippen LogP contribution in [0.5, 0.6) is 5.88 Å². The maximum Gasteiger partial charge on any atom is 0.244 e. The van der Waals surface area contributed by atoms with Gasteiger partial charge in [-0.1, -0.05) is 0 Å². The summed E-state index contributed by atoms with van der Waals surface area (Å²) in [6.07, 6.45) is 1.68. The van der Waals surface area contributed by atoms with Crippen molar-refractivity contribution in [2.75, 3.05) is 5.73 Å². The molecule has 0 bridgehead atoms. The fourth-order valence-corrected chi connectivity index (χ4v) is 2.12. The van der Waals surface area contributed by atoms with Crippen LogP contribution in [0, 0.1) is 0 Å². The van der Waals surface area contributed by atoms with Crippen molar-refractivity contribution < 1.29 is 4.43 Å². The SMILES string of the molecule is Cn1cnc2nc(N)nc(O[Si](C)(C)C)c21. The number of rotatable bonds is 2. The van der Waals surface area contributed by atoms with Gasteiger partial charge in [-0.15, -0.1) is 0 Å². The minimum atomic E-state index is -1.72. The number of nitrogen functional groups attached to an aromatic ring is 1. The van der Waals surface area contributed by atoms with Gasteiger partial charge in [-0.3, -0.25) is 0 Å². The minimum Gasteiger partial charge on any atom is -0.530 e. The lowest BCUT2D eigenvalue weighted by Gasteiger charge is -2.18. The predicted molar refractivity (Wildman–Crippen MR) is 64.7 cm³/mol. The van der Waals surface area contributed by atoms with Crippen LogP contribution in [0.2, 0.25) is 19.6 Å². The van der Waals surface area contributed by atoms with Crippen molar-refractivity contribution in [3.8, 4) is 5.88 Å². The number of fused-ring (bicyclic) bond motifs is 1. The van der Waals surface area contributed by atoms with Gasteiger partial charge in [-0.2, -0.15) is 9.97 Å². The van der Waals surface area contributed by atoms with Crippen molar-refractivity contribution in [3.05, 3.63) is 6.33 Å². The Hall–Kier alpha value is -1.63. The van der Waals surface area contributed by atoms with Crippen molar-refractivity contribution in [3.63, 3.8) is 0 Å². The van der Waals surface area contributed by atoms with Gasteiger partial charge in [0.25, 0.3) is 0 Å². The molecular weight excluding hydrogens is 222 g/mol. The topological polar surface area (TPSA) is 78.9 Å². The van der Waals surface area contributed by atoms with Crippen LogP contribution in [0.25, 0.3) is 11.2 Å². The zero-order valence-electron chi connectivity index (χ0n) is 9.85. The third kappa shape index (κ3) is 1.99. The van der Waals surface area contributed by atoms with Crippen molar-refractivity contribution in [1.29, 1.82) is 0 Å². The molecule has 0 aliphatic carbocycles. The molecule has 0 aliphatic rings. The lowest BCUT2D eigenvalue weighted by molar-refractivity contribution is 0.538. The number of anilines is 1. The van der Waals surface area contributed by atoms with Crippen molar-refractivity contribution in [1.82, 2.24) is 19.5 Å². The number of imidazole rings is 1. The molecular formula is C9H15N5OSi. The van der Waals surface area contributed by atoms with E-state index >= 15 is 0 Å². The van der Waals surface area contributed by atoms with Crippen LogP contribution in [0.4, 0.5) is 5.95 Å². The Balaban J connectivity index is 2.62. The molecule has 0 atom stereocenters. The summed E-state index contributed by atoms with van der Waals surface area (Å²) in [4.78, 5) is 12.3. The maximum atomic E-state index is 5.88. The van der Waals surface area contributed by atoms with Gasteiger partial charge < -0.3 is 14.7 Å². The summed E-state index contributed by atoms with van der Waals surface area (Å²) in [7, 11) is 0.159. The lowest BCUT2D eigenvalue weighted by atomic mass is 10.5. The first kappa shape index (κ1) is 10.9. The van der Waals surface area contributed by atoms with E-state index < -0.39 is 8.32 Å². The number of nitrogens with zero attached hydrogens (tertiary/aromatic N) is 4. The molecule has 0 amide bonds. The van der Waals surface area contributed by atoms with Crippen molar-refractivity contribution in [2.45, 2.75) is 19.6 Å². The molecule has 2 rings (SSSR count). The van der Waals surface area contributed by atoms with Crippen molar-refractivity contribution >= 4 is 25.4 Å². The summed E-state index contributed by atoms with van der Waals surface area (Å²) >= 11 is 0. The highest BCUT2D eigenvalue weighted by Gasteiger charge is 2.21. The first-order valence-electron chi connectivity index (χ1n) is 5.00. The van der Waals surface area contributed by atoms with Crippen LogP contribution in [0.1, 0.15) is 0 Å². The van der Waals surface area contributed by atoms with Gasteiger partial charge in [0.2, 0.25) is 20.1 Å². The Morgan fingerprint density at radius 3 is 2.62 bits per heavy atom. The van der Waals surface area contributed by atoms with E-state index in [1.807, 2.05) is 11.6 Å². The normalized spacial score (nSPS) is 12.0. The largest absolute Gasteiger partial charge is 0.530 e. The number of aromatic nitrogens is 4. The first-order chi connectivity index (χ1) is 7.37. The zero-order chi connectivity index (χ0) is 11.9. The third-order valence-electron chi connectivity index (χ3n) is 1.96. The number of hydrogen-bond donors (Lipinski definition) is 1. The van der Waals surface area contributed by atoms with E-state index in [0.717, 1.165) is 5.52 Å². The monoisotopic (exact) mass is 237 g/mol. The molecule has 2 aromatic rings. The summed E-state index contributed by atoms with van der Waals surface area (Å²) in [6, 6.07) is 0. The van der Waals surface area contributed by atoms with Crippen LogP contribution in [0.3, 0.4) is 0 Å². The van der Waals surface area contributed by atoms with Gasteiger partial charge in [0.15, 0.2) is 5.65 Å². The second-order valence-electron chi connectivity index (χ2n) is 4.63. The highest BCUT2D eigenvalue weighted by Crippen LogP contribution is 2.24. The Labute approximate surface area is 94.6 Å². The Bertz CT molecular complexity index is 530. The molecule has 0 saturated carbocycles. The van der Waals surface area contributed by atoms with Crippen LogP contribution < -0.4 is 10.2 Å². The highest BCUT2D eigenvalue weighted by molar-refractivity contribution is 6.70. The van der Waals surface area contributed by atoms with Gasteiger partial charge in [0.1, 0.15) is 5.52 Å². The van der Waals surface area contributed by atoms with E-state index in [2.05, 4.69) is 34.6 Å². The van der Waals surface area contributed by atoms with Crippen molar-refractivity contribution in [2.24, 2.45) is 7.05 Å². The average Bonchev–Trinajstić information content (AvgIpc) is 2.44. The third-order valence-corrected chi connectivity index (χ3v) is 2.77. The Morgan fingerprint density at radius 2 is 2.00 bits per heavy atom. The van der Waals surface area contributed by atoms with Gasteiger partial charge in [-0.25, -0.2) is 4.98 Å². The molecule has 0 aromatic carbocycles. The summed E-state index contributed by atoms with van der Waals surface area (Å²) in [6.45, 7) is 6.27. The fraction of sp³-hybridized carbons (Fsp3) is 0.444. The number of aryl methyl sites for hydroxylation is 1. The molecule has 0 radical (unpaired) electrons. The van der Waals surface area contributed by atoms with Gasteiger partial charge in [0, 0.05) is 7.05 Å². The average molecular weight is 237 g/mol. The molecule has 2 heterocycles. The van der Waals surface area contributed by atoms with Gasteiger partial charge >= 0.3 is 0 Å². The highest BCUT2D eigenvalue weighted by atomic mass is 28.4. The molecule has 0 unspecified atom stereocenters. The Morgan fingerprint density at radius 1 is 1.31 bits per heavy atom. The van der Waals surface area contributed by atoms with E-state index in [1.165, 1.54) is 0 Å². The summed E-state index contributed by atoms with van der Waals surface area (Å²) in [5, 5.41) is 0. The summed E-state index contributed by atoms with van der Waals surface area (Å²) in [5.74, 6) is 0.723. The first-order valence-corrected chi connectivity index (χ1v) is 8.41. The molecule has 86 valence electrons. The molecule has 2 N–H and O–H groups in total. The molecule has 0 aliphatic heterocycles. The lowest BCUT2D eigenvalue weighted by Crippen LogP contribution is -2.30. The zero-order valence-corrected chi connectivity index (χ0v) is 10.9. The summed E-state index contributed by atoms with van der Waals surface area (Å²) < 4.78 is 7.72. The van der Waals surface area contributed by atoms with Gasteiger partial charge in [-0.05, 0) is 19.6 Å². The molecule has 0 saturated heterocycles. The van der Waals surface area contributed by atoms with Gasteiger partial charge in [0.05, 0.1) is 6.33 Å². The van der Waals surface area contributed by atoms with E-state index in [-0.39, 0.29) is 5.95 Å². The van der Waals surface area contributed by atoms with Crippen LogP contribution in [-0.2, 0) is 7.05 Å². The fourth-order valence-electron chi connectivity index (χ4n) is 1.40. The van der Waals surface area contributed by atoms with E-state index in [0.29, 0.717) is 11.5 Å². The standard InChI is InChI=1S/C9H15N5OSi/c1-14-5-11-7-6(14)8(13-9(10)12-7)15-16(2,3)4/h5H,1-4H3,(H2,10,12,13). The second kappa shape index (κ2) is 3.44. The number of nitrogens with two attached hydrogens (primary N) is 1. The molecule has 0 fully saturated rings. The van der Waals surface area contributed by atoms with E-state index in [9.17, 15) is 0 Å². The second-order valence-corrected chi connectivity index (χ2v) is 9.06. The predicted octanol–water partition coefficient (Wildman–Crippen LogP) is 1.16. The van der Waals surface area contributed by atoms with E-state index in [1.54, 1.807) is 6.33 Å². The maximum absolute atomic E-state index is 5.88. The molecule has 0 spiro atoms. The Kier molecular flexibility index (Phi) is 2.34. The van der Waals surface area contributed by atoms with Crippen LogP contribution in [0.15, 0.2) is 6.33 Å². The smallest absolute Gasteiger partial charge is 0.244 e. The quantitative estimate of drug-likeness (QED) is 0.793. The summed E-state index contributed by atoms with van der Waals surface area (Å²) in [5.41, 5.74) is 6.98. The minimum absolute atomic E-state index is 0.194. The molecule has 2 aromatic heterocycles. The molecule has 6 nitrogen and oxygen atoms in total.